The third kappa shape index (κ3) is 3.70. The number of carbonyl (C=O) groups excluding carboxylic acids is 1. The van der Waals surface area contributed by atoms with Crippen LogP contribution in [0.1, 0.15) is 15.9 Å². The van der Waals surface area contributed by atoms with Gasteiger partial charge >= 0.3 is 0 Å². The molecule has 7 heteroatoms. The number of carbonyl (C=O) groups is 1. The Hall–Kier alpha value is -2.22. The predicted molar refractivity (Wildman–Crippen MR) is 83.0 cm³/mol. The molecule has 0 saturated heterocycles. The smallest absolute Gasteiger partial charge is 0.255 e. The van der Waals surface area contributed by atoms with Gasteiger partial charge in [0, 0.05) is 11.3 Å². The first-order valence-corrected chi connectivity index (χ1v) is 7.99. The minimum atomic E-state index is -3.49. The van der Waals surface area contributed by atoms with E-state index in [9.17, 15) is 13.2 Å². The molecule has 0 aromatic heterocycles. The fourth-order valence-electron chi connectivity index (χ4n) is 1.80. The minimum Gasteiger partial charge on any atom is -0.392 e. The second-order valence-electron chi connectivity index (χ2n) is 4.54. The molecule has 0 radical (unpaired) electrons. The number of amides is 1. The third-order valence-corrected chi connectivity index (χ3v) is 4.52. The van der Waals surface area contributed by atoms with Crippen molar-refractivity contribution in [1.82, 2.24) is 4.72 Å². The van der Waals surface area contributed by atoms with Crippen LogP contribution in [0.25, 0.3) is 0 Å². The highest BCUT2D eigenvalue weighted by molar-refractivity contribution is 7.89. The molecule has 3 N–H and O–H groups in total. The van der Waals surface area contributed by atoms with E-state index >= 15 is 0 Å². The van der Waals surface area contributed by atoms with E-state index < -0.39 is 10.0 Å². The molecule has 22 heavy (non-hydrogen) atoms. The van der Waals surface area contributed by atoms with Crippen molar-refractivity contribution in [2.75, 3.05) is 12.4 Å². The number of hydrogen-bond donors (Lipinski definition) is 3. The normalized spacial score (nSPS) is 11.2. The molecule has 1 amide bonds. The van der Waals surface area contributed by atoms with E-state index in [1.165, 1.54) is 31.3 Å². The molecule has 0 aliphatic rings. The van der Waals surface area contributed by atoms with Crippen LogP contribution in [-0.2, 0) is 16.6 Å². The van der Waals surface area contributed by atoms with Gasteiger partial charge in [0.2, 0.25) is 10.0 Å². The summed E-state index contributed by atoms with van der Waals surface area (Å²) in [6.07, 6.45) is 0. The van der Waals surface area contributed by atoms with Crippen LogP contribution in [-0.4, -0.2) is 26.5 Å². The monoisotopic (exact) mass is 320 g/mol. The van der Waals surface area contributed by atoms with Crippen molar-refractivity contribution >= 4 is 21.6 Å². The van der Waals surface area contributed by atoms with E-state index in [1.807, 2.05) is 0 Å². The fraction of sp³-hybridized carbons (Fsp3) is 0.133. The number of hydrogen-bond acceptors (Lipinski definition) is 4. The lowest BCUT2D eigenvalue weighted by Gasteiger charge is -2.07. The van der Waals surface area contributed by atoms with E-state index in [0.717, 1.165) is 5.56 Å². The SMILES string of the molecule is CNS(=O)(=O)c1ccc(NC(=O)c2ccc(CO)cc2)cc1. The van der Waals surface area contributed by atoms with Crippen LogP contribution in [0.15, 0.2) is 53.4 Å². The van der Waals surface area contributed by atoms with Crippen molar-refractivity contribution in [2.45, 2.75) is 11.5 Å². The van der Waals surface area contributed by atoms with Gasteiger partial charge in [-0.25, -0.2) is 13.1 Å². The summed E-state index contributed by atoms with van der Waals surface area (Å²) in [6.45, 7) is -0.0801. The number of aliphatic hydroxyl groups excluding tert-OH is 1. The lowest BCUT2D eigenvalue weighted by Crippen LogP contribution is -2.18. The second kappa shape index (κ2) is 6.69. The minimum absolute atomic E-state index is 0.0801. The Morgan fingerprint density at radius 3 is 2.14 bits per heavy atom. The van der Waals surface area contributed by atoms with Crippen molar-refractivity contribution in [2.24, 2.45) is 0 Å². The average molecular weight is 320 g/mol. The van der Waals surface area contributed by atoms with Gasteiger partial charge in [0.25, 0.3) is 5.91 Å². The highest BCUT2D eigenvalue weighted by Gasteiger charge is 2.11. The molecular weight excluding hydrogens is 304 g/mol. The number of sulfonamides is 1. The van der Waals surface area contributed by atoms with Crippen LogP contribution in [0.2, 0.25) is 0 Å². The van der Waals surface area contributed by atoms with Gasteiger partial charge in [0.1, 0.15) is 0 Å². The molecule has 0 bridgehead atoms. The Balaban J connectivity index is 2.11. The summed E-state index contributed by atoms with van der Waals surface area (Å²) in [5, 5.41) is 11.6. The first-order chi connectivity index (χ1) is 10.5. The van der Waals surface area contributed by atoms with Crippen LogP contribution in [0.5, 0.6) is 0 Å². The summed E-state index contributed by atoms with van der Waals surface area (Å²) in [4.78, 5) is 12.2. The number of nitrogens with one attached hydrogen (secondary N) is 2. The highest BCUT2D eigenvalue weighted by Crippen LogP contribution is 2.15. The van der Waals surface area contributed by atoms with Crippen molar-refractivity contribution in [3.8, 4) is 0 Å². The van der Waals surface area contributed by atoms with E-state index in [0.29, 0.717) is 11.3 Å². The zero-order valence-corrected chi connectivity index (χ0v) is 12.7. The van der Waals surface area contributed by atoms with Crippen LogP contribution < -0.4 is 10.0 Å². The summed E-state index contributed by atoms with van der Waals surface area (Å²) in [5.41, 5.74) is 1.66. The van der Waals surface area contributed by atoms with E-state index in [2.05, 4.69) is 10.0 Å². The van der Waals surface area contributed by atoms with Crippen LogP contribution >= 0.6 is 0 Å². The predicted octanol–water partition coefficient (Wildman–Crippen LogP) is 1.34. The molecule has 0 spiro atoms. The molecule has 0 saturated carbocycles. The molecule has 6 nitrogen and oxygen atoms in total. The zero-order valence-electron chi connectivity index (χ0n) is 11.9. The number of benzene rings is 2. The highest BCUT2D eigenvalue weighted by atomic mass is 32.2. The van der Waals surface area contributed by atoms with Gasteiger partial charge in [-0.2, -0.15) is 0 Å². The molecule has 0 aliphatic carbocycles. The molecule has 2 aromatic rings. The Bertz CT molecular complexity index is 753. The largest absolute Gasteiger partial charge is 0.392 e. The summed E-state index contributed by atoms with van der Waals surface area (Å²) in [6, 6.07) is 12.4. The molecule has 2 aromatic carbocycles. The summed E-state index contributed by atoms with van der Waals surface area (Å²) >= 11 is 0. The van der Waals surface area contributed by atoms with Gasteiger partial charge in [-0.15, -0.1) is 0 Å². The van der Waals surface area contributed by atoms with Crippen molar-refractivity contribution < 1.29 is 18.3 Å². The topological polar surface area (TPSA) is 95.5 Å². The van der Waals surface area contributed by atoms with Gasteiger partial charge in [-0.05, 0) is 49.0 Å². The second-order valence-corrected chi connectivity index (χ2v) is 6.43. The van der Waals surface area contributed by atoms with Gasteiger partial charge in [-0.1, -0.05) is 12.1 Å². The van der Waals surface area contributed by atoms with E-state index in [-0.39, 0.29) is 17.4 Å². The van der Waals surface area contributed by atoms with Gasteiger partial charge in [0.15, 0.2) is 0 Å². The van der Waals surface area contributed by atoms with Crippen molar-refractivity contribution in [3.63, 3.8) is 0 Å². The molecule has 116 valence electrons. The maximum absolute atomic E-state index is 12.0. The average Bonchev–Trinajstić information content (AvgIpc) is 2.55. The molecule has 0 heterocycles. The summed E-state index contributed by atoms with van der Waals surface area (Å²) < 4.78 is 25.4. The van der Waals surface area contributed by atoms with Crippen molar-refractivity contribution in [3.05, 3.63) is 59.7 Å². The van der Waals surface area contributed by atoms with Gasteiger partial charge in [0.05, 0.1) is 11.5 Å². The quantitative estimate of drug-likeness (QED) is 0.774. The zero-order chi connectivity index (χ0) is 16.2. The summed E-state index contributed by atoms with van der Waals surface area (Å²) in [5.74, 6) is -0.311. The van der Waals surface area contributed by atoms with Crippen molar-refractivity contribution in [1.29, 1.82) is 0 Å². The Kier molecular flexibility index (Phi) is 4.92. The molecule has 0 atom stereocenters. The lowest BCUT2D eigenvalue weighted by molar-refractivity contribution is 0.102. The Morgan fingerprint density at radius 2 is 1.64 bits per heavy atom. The Morgan fingerprint density at radius 1 is 1.05 bits per heavy atom. The fourth-order valence-corrected chi connectivity index (χ4v) is 2.53. The molecule has 0 fully saturated rings. The lowest BCUT2D eigenvalue weighted by atomic mass is 10.1. The van der Waals surface area contributed by atoms with Crippen LogP contribution in [0.4, 0.5) is 5.69 Å². The number of aliphatic hydroxyl groups is 1. The van der Waals surface area contributed by atoms with Gasteiger partial charge in [-0.3, -0.25) is 4.79 Å². The molecule has 2 rings (SSSR count). The first-order valence-electron chi connectivity index (χ1n) is 6.51. The maximum Gasteiger partial charge on any atom is 0.255 e. The molecule has 0 aliphatic heterocycles. The van der Waals surface area contributed by atoms with Gasteiger partial charge < -0.3 is 10.4 Å². The first kappa shape index (κ1) is 16.2. The maximum atomic E-state index is 12.0. The van der Waals surface area contributed by atoms with Crippen LogP contribution in [0.3, 0.4) is 0 Å². The molecule has 0 unspecified atom stereocenters. The number of rotatable bonds is 5. The standard InChI is InChI=1S/C15H16N2O4S/c1-16-22(20,21)14-8-6-13(7-9-14)17-15(19)12-4-2-11(10-18)3-5-12/h2-9,16,18H,10H2,1H3,(H,17,19). The summed E-state index contributed by atoms with van der Waals surface area (Å²) in [7, 11) is -2.16. The van der Waals surface area contributed by atoms with E-state index in [4.69, 9.17) is 5.11 Å². The number of anilines is 1. The third-order valence-electron chi connectivity index (χ3n) is 3.09. The molecular formula is C15H16N2O4S. The van der Waals surface area contributed by atoms with Crippen LogP contribution in [0, 0.1) is 0 Å². The Labute approximate surface area is 128 Å². The van der Waals surface area contributed by atoms with E-state index in [1.54, 1.807) is 24.3 Å².